The van der Waals surface area contributed by atoms with Crippen molar-refractivity contribution >= 4 is 15.9 Å². The Hall–Kier alpha value is -1.42. The van der Waals surface area contributed by atoms with Crippen molar-refractivity contribution < 1.29 is 13.5 Å². The average molecular weight is 327 g/mol. The van der Waals surface area contributed by atoms with Crippen LogP contribution < -0.4 is 4.74 Å². The first-order valence-electron chi connectivity index (χ1n) is 5.76. The van der Waals surface area contributed by atoms with Gasteiger partial charge in [0.25, 0.3) is 0 Å². The van der Waals surface area contributed by atoms with Gasteiger partial charge in [-0.25, -0.2) is 8.78 Å². The lowest BCUT2D eigenvalue weighted by Gasteiger charge is -2.15. The van der Waals surface area contributed by atoms with Crippen LogP contribution in [0.1, 0.15) is 21.5 Å². The zero-order valence-electron chi connectivity index (χ0n) is 10.6. The minimum absolute atomic E-state index is 0.252. The lowest BCUT2D eigenvalue weighted by molar-refractivity contribution is 0.409. The number of alkyl halides is 1. The number of hydrogen-bond acceptors (Lipinski definition) is 1. The Morgan fingerprint density at radius 3 is 2.47 bits per heavy atom. The molecule has 4 heteroatoms. The first kappa shape index (κ1) is 14.0. The van der Waals surface area contributed by atoms with E-state index < -0.39 is 0 Å². The fourth-order valence-corrected chi connectivity index (χ4v) is 2.55. The van der Waals surface area contributed by atoms with Gasteiger partial charge in [-0.2, -0.15) is 0 Å². The summed E-state index contributed by atoms with van der Waals surface area (Å²) in [5.41, 5.74) is 2.08. The summed E-state index contributed by atoms with van der Waals surface area (Å²) in [6.45, 7) is 1.70. The average Bonchev–Trinajstić information content (AvgIpc) is 2.41. The van der Waals surface area contributed by atoms with Crippen LogP contribution in [-0.4, -0.2) is 7.11 Å². The molecule has 0 aliphatic rings. The third-order valence-electron chi connectivity index (χ3n) is 2.94. The molecule has 2 aromatic rings. The van der Waals surface area contributed by atoms with Crippen LogP contribution in [0.5, 0.6) is 5.75 Å². The number of ether oxygens (including phenoxy) is 1. The lowest BCUT2D eigenvalue weighted by Crippen LogP contribution is -1.99. The molecule has 0 spiro atoms. The Morgan fingerprint density at radius 2 is 1.84 bits per heavy atom. The van der Waals surface area contributed by atoms with E-state index in [9.17, 15) is 8.78 Å². The van der Waals surface area contributed by atoms with Crippen LogP contribution in [0.3, 0.4) is 0 Å². The fraction of sp³-hybridized carbons (Fsp3) is 0.200. The molecule has 0 bridgehead atoms. The zero-order chi connectivity index (χ0) is 14.0. The van der Waals surface area contributed by atoms with Gasteiger partial charge in [-0.15, -0.1) is 0 Å². The molecule has 0 heterocycles. The van der Waals surface area contributed by atoms with Crippen LogP contribution in [-0.2, 0) is 0 Å². The molecule has 0 aliphatic carbocycles. The number of methoxy groups -OCH3 is 1. The van der Waals surface area contributed by atoms with Gasteiger partial charge in [-0.3, -0.25) is 0 Å². The Morgan fingerprint density at radius 1 is 1.11 bits per heavy atom. The summed E-state index contributed by atoms with van der Waals surface area (Å²) in [6, 6.07) is 9.15. The Kier molecular flexibility index (Phi) is 4.20. The highest BCUT2D eigenvalue weighted by Gasteiger charge is 2.17. The highest BCUT2D eigenvalue weighted by Crippen LogP contribution is 2.37. The van der Waals surface area contributed by atoms with E-state index in [4.69, 9.17) is 4.74 Å². The summed E-state index contributed by atoms with van der Waals surface area (Å²) < 4.78 is 31.9. The molecule has 0 aromatic heterocycles. The molecular formula is C15H13BrF2O. The van der Waals surface area contributed by atoms with Gasteiger partial charge in [0.1, 0.15) is 17.4 Å². The maximum Gasteiger partial charge on any atom is 0.126 e. The van der Waals surface area contributed by atoms with Gasteiger partial charge in [0.05, 0.1) is 11.9 Å². The third-order valence-corrected chi connectivity index (χ3v) is 3.96. The summed E-state index contributed by atoms with van der Waals surface area (Å²) in [4.78, 5) is -0.252. The van der Waals surface area contributed by atoms with E-state index in [-0.39, 0.29) is 16.5 Å². The monoisotopic (exact) mass is 326 g/mol. The molecule has 2 rings (SSSR count). The second-order valence-corrected chi connectivity index (χ2v) is 5.17. The lowest BCUT2D eigenvalue weighted by atomic mass is 10.0. The first-order chi connectivity index (χ1) is 9.02. The van der Waals surface area contributed by atoms with Gasteiger partial charge in [-0.05, 0) is 42.3 Å². The van der Waals surface area contributed by atoms with E-state index >= 15 is 0 Å². The van der Waals surface area contributed by atoms with Gasteiger partial charge in [0.2, 0.25) is 0 Å². The number of halogens is 3. The topological polar surface area (TPSA) is 9.23 Å². The maximum atomic E-state index is 13.4. The molecular weight excluding hydrogens is 314 g/mol. The first-order valence-corrected chi connectivity index (χ1v) is 6.68. The van der Waals surface area contributed by atoms with Crippen LogP contribution in [0.2, 0.25) is 0 Å². The number of rotatable bonds is 3. The molecule has 2 aromatic carbocycles. The molecule has 0 saturated heterocycles. The second kappa shape index (κ2) is 5.70. The normalized spacial score (nSPS) is 12.3. The molecule has 100 valence electrons. The van der Waals surface area contributed by atoms with Crippen molar-refractivity contribution in [2.75, 3.05) is 7.11 Å². The Labute approximate surface area is 119 Å². The van der Waals surface area contributed by atoms with Crippen molar-refractivity contribution in [2.24, 2.45) is 0 Å². The second-order valence-electron chi connectivity index (χ2n) is 4.26. The van der Waals surface area contributed by atoms with E-state index in [1.807, 2.05) is 0 Å². The molecule has 0 fully saturated rings. The molecule has 0 amide bonds. The minimum Gasteiger partial charge on any atom is -0.496 e. The van der Waals surface area contributed by atoms with E-state index in [0.29, 0.717) is 16.9 Å². The minimum atomic E-state index is -0.334. The molecule has 0 saturated carbocycles. The molecule has 0 radical (unpaired) electrons. The smallest absolute Gasteiger partial charge is 0.126 e. The van der Waals surface area contributed by atoms with E-state index in [1.54, 1.807) is 25.1 Å². The SMILES string of the molecule is COc1ccc(F)cc1C(Br)c1ccc(F)c(C)c1. The predicted octanol–water partition coefficient (Wildman–Crippen LogP) is 4.77. The van der Waals surface area contributed by atoms with Crippen molar-refractivity contribution in [3.8, 4) is 5.75 Å². The molecule has 0 aliphatic heterocycles. The summed E-state index contributed by atoms with van der Waals surface area (Å²) >= 11 is 3.51. The molecule has 0 N–H and O–H groups in total. The maximum absolute atomic E-state index is 13.4. The van der Waals surface area contributed by atoms with E-state index in [1.165, 1.54) is 25.3 Å². The van der Waals surface area contributed by atoms with Gasteiger partial charge in [0, 0.05) is 5.56 Å². The van der Waals surface area contributed by atoms with Crippen LogP contribution in [0, 0.1) is 18.6 Å². The molecule has 1 nitrogen and oxygen atoms in total. The highest BCUT2D eigenvalue weighted by molar-refractivity contribution is 9.09. The Balaban J connectivity index is 2.45. The molecule has 1 atom stereocenters. The summed E-state index contributed by atoms with van der Waals surface area (Å²) in [7, 11) is 1.53. The van der Waals surface area contributed by atoms with Crippen molar-refractivity contribution in [3.63, 3.8) is 0 Å². The quantitative estimate of drug-likeness (QED) is 0.738. The number of hydrogen-bond donors (Lipinski definition) is 0. The van der Waals surface area contributed by atoms with Crippen molar-refractivity contribution in [1.82, 2.24) is 0 Å². The predicted molar refractivity (Wildman–Crippen MR) is 74.9 cm³/mol. The van der Waals surface area contributed by atoms with E-state index in [0.717, 1.165) is 5.56 Å². The zero-order valence-corrected chi connectivity index (χ0v) is 12.2. The summed E-state index contributed by atoms with van der Waals surface area (Å²) in [5, 5.41) is 0. The standard InChI is InChI=1S/C15H13BrF2O/c1-9-7-10(3-5-13(9)18)15(16)12-8-11(17)4-6-14(12)19-2/h3-8,15H,1-2H3. The summed E-state index contributed by atoms with van der Waals surface area (Å²) in [6.07, 6.45) is 0. The summed E-state index contributed by atoms with van der Waals surface area (Å²) in [5.74, 6) is -0.000932. The van der Waals surface area contributed by atoms with Crippen LogP contribution in [0.15, 0.2) is 36.4 Å². The number of aryl methyl sites for hydroxylation is 1. The third kappa shape index (κ3) is 2.95. The number of benzene rings is 2. The van der Waals surface area contributed by atoms with Crippen molar-refractivity contribution in [3.05, 3.63) is 64.7 Å². The van der Waals surface area contributed by atoms with Crippen LogP contribution in [0.25, 0.3) is 0 Å². The van der Waals surface area contributed by atoms with Crippen molar-refractivity contribution in [1.29, 1.82) is 0 Å². The van der Waals surface area contributed by atoms with Crippen LogP contribution >= 0.6 is 15.9 Å². The fourth-order valence-electron chi connectivity index (χ4n) is 1.91. The molecule has 1 unspecified atom stereocenters. The molecule has 19 heavy (non-hydrogen) atoms. The van der Waals surface area contributed by atoms with Crippen LogP contribution in [0.4, 0.5) is 8.78 Å². The van der Waals surface area contributed by atoms with Gasteiger partial charge >= 0.3 is 0 Å². The highest BCUT2D eigenvalue weighted by atomic mass is 79.9. The Bertz CT molecular complexity index is 599. The van der Waals surface area contributed by atoms with Crippen molar-refractivity contribution in [2.45, 2.75) is 11.8 Å². The largest absolute Gasteiger partial charge is 0.496 e. The van der Waals surface area contributed by atoms with Gasteiger partial charge < -0.3 is 4.74 Å². The van der Waals surface area contributed by atoms with E-state index in [2.05, 4.69) is 15.9 Å². The van der Waals surface area contributed by atoms with Gasteiger partial charge in [0.15, 0.2) is 0 Å². The van der Waals surface area contributed by atoms with Gasteiger partial charge in [-0.1, -0.05) is 28.1 Å².